The fourth-order valence-corrected chi connectivity index (χ4v) is 0.231. The number of esters is 1. The van der Waals surface area contributed by atoms with E-state index in [2.05, 4.69) is 11.3 Å². The maximum absolute atomic E-state index is 11.4. The highest BCUT2D eigenvalue weighted by atomic mass is 19.1. The lowest BCUT2D eigenvalue weighted by Crippen LogP contribution is -1.98. The molecular formula is C5H7FO2. The minimum Gasteiger partial charge on any atom is -0.429 e. The van der Waals surface area contributed by atoms with Crippen LogP contribution in [0.2, 0.25) is 0 Å². The Labute approximate surface area is 47.0 Å². The van der Waals surface area contributed by atoms with Crippen LogP contribution in [-0.4, -0.2) is 12.6 Å². The molecule has 0 aromatic heterocycles. The average Bonchev–Trinajstić information content (AvgIpc) is 1.65. The highest BCUT2D eigenvalue weighted by Crippen LogP contribution is 1.92. The van der Waals surface area contributed by atoms with Crippen molar-refractivity contribution in [2.45, 2.75) is 6.92 Å². The molecule has 0 atom stereocenters. The van der Waals surface area contributed by atoms with Crippen LogP contribution in [0.15, 0.2) is 12.3 Å². The van der Waals surface area contributed by atoms with Gasteiger partial charge in [0.25, 0.3) is 0 Å². The second-order valence-corrected chi connectivity index (χ2v) is 1.27. The summed E-state index contributed by atoms with van der Waals surface area (Å²) in [4.78, 5) is 9.96. The lowest BCUT2D eigenvalue weighted by molar-refractivity contribution is -0.137. The number of ether oxygens (including phenoxy) is 1. The SMILES string of the molecule is C=C(CF)OC(C)=O. The molecule has 0 heterocycles. The van der Waals surface area contributed by atoms with Crippen molar-refractivity contribution < 1.29 is 13.9 Å². The van der Waals surface area contributed by atoms with Gasteiger partial charge in [0.05, 0.1) is 0 Å². The summed E-state index contributed by atoms with van der Waals surface area (Å²) in [5.74, 6) is -0.676. The molecule has 0 aliphatic rings. The molecule has 0 aromatic rings. The summed E-state index contributed by atoms with van der Waals surface area (Å²) in [5, 5.41) is 0. The van der Waals surface area contributed by atoms with Crippen LogP contribution in [0.1, 0.15) is 6.92 Å². The molecule has 0 aliphatic carbocycles. The van der Waals surface area contributed by atoms with Crippen molar-refractivity contribution in [1.82, 2.24) is 0 Å². The second-order valence-electron chi connectivity index (χ2n) is 1.27. The Morgan fingerprint density at radius 3 is 2.50 bits per heavy atom. The number of hydrogen-bond donors (Lipinski definition) is 0. The van der Waals surface area contributed by atoms with E-state index in [1.165, 1.54) is 6.92 Å². The molecule has 0 bridgehead atoms. The van der Waals surface area contributed by atoms with E-state index in [0.29, 0.717) is 0 Å². The first-order valence-electron chi connectivity index (χ1n) is 2.09. The number of alkyl halides is 1. The molecule has 0 fully saturated rings. The van der Waals surface area contributed by atoms with Crippen LogP contribution in [0.3, 0.4) is 0 Å². The molecule has 0 radical (unpaired) electrons. The monoisotopic (exact) mass is 118 g/mol. The van der Waals surface area contributed by atoms with E-state index in [0.717, 1.165) is 0 Å². The van der Waals surface area contributed by atoms with Gasteiger partial charge in [-0.05, 0) is 0 Å². The molecular weight excluding hydrogens is 111 g/mol. The number of carbonyl (C=O) groups is 1. The van der Waals surface area contributed by atoms with Crippen LogP contribution < -0.4 is 0 Å². The molecule has 8 heavy (non-hydrogen) atoms. The Morgan fingerprint density at radius 2 is 2.38 bits per heavy atom. The normalized spacial score (nSPS) is 8.25. The topological polar surface area (TPSA) is 26.3 Å². The zero-order valence-corrected chi connectivity index (χ0v) is 4.61. The van der Waals surface area contributed by atoms with Crippen LogP contribution in [0.25, 0.3) is 0 Å². The summed E-state index contributed by atoms with van der Waals surface area (Å²) in [7, 11) is 0. The Bertz CT molecular complexity index is 109. The van der Waals surface area contributed by atoms with Crippen LogP contribution in [0.4, 0.5) is 4.39 Å². The molecule has 0 rings (SSSR count). The summed E-state index contributed by atoms with van der Waals surface area (Å²) in [6.07, 6.45) is 0. The smallest absolute Gasteiger partial charge is 0.307 e. The predicted octanol–water partition coefficient (Wildman–Crippen LogP) is 1.03. The minimum absolute atomic E-state index is 0.141. The summed E-state index contributed by atoms with van der Waals surface area (Å²) in [6, 6.07) is 0. The summed E-state index contributed by atoms with van der Waals surface area (Å²) in [5.41, 5.74) is 0. The van der Waals surface area contributed by atoms with Crippen LogP contribution in [0, 0.1) is 0 Å². The fourth-order valence-electron chi connectivity index (χ4n) is 0.231. The van der Waals surface area contributed by atoms with E-state index < -0.39 is 12.6 Å². The standard InChI is InChI=1S/C5H7FO2/c1-4(3-6)8-5(2)7/h1,3H2,2H3. The number of carbonyl (C=O) groups excluding carboxylic acids is 1. The second kappa shape index (κ2) is 3.18. The van der Waals surface area contributed by atoms with Gasteiger partial charge in [0.1, 0.15) is 12.4 Å². The molecule has 0 spiro atoms. The average molecular weight is 118 g/mol. The van der Waals surface area contributed by atoms with Gasteiger partial charge in [-0.1, -0.05) is 6.58 Å². The van der Waals surface area contributed by atoms with Gasteiger partial charge in [-0.15, -0.1) is 0 Å². The third-order valence-corrected chi connectivity index (χ3v) is 0.437. The van der Waals surface area contributed by atoms with E-state index >= 15 is 0 Å². The summed E-state index contributed by atoms with van der Waals surface area (Å²) >= 11 is 0. The van der Waals surface area contributed by atoms with Crippen LogP contribution in [-0.2, 0) is 9.53 Å². The first kappa shape index (κ1) is 7.14. The third kappa shape index (κ3) is 3.33. The number of hydrogen-bond acceptors (Lipinski definition) is 2. The van der Waals surface area contributed by atoms with Crippen molar-refractivity contribution in [2.75, 3.05) is 6.67 Å². The Balaban J connectivity index is 3.40. The van der Waals surface area contributed by atoms with E-state index in [1.54, 1.807) is 0 Å². The van der Waals surface area contributed by atoms with Gasteiger partial charge in [0.2, 0.25) is 0 Å². The minimum atomic E-state index is -0.806. The quantitative estimate of drug-likeness (QED) is 0.400. The zero-order valence-electron chi connectivity index (χ0n) is 4.61. The molecule has 0 aromatic carbocycles. The van der Waals surface area contributed by atoms with E-state index in [9.17, 15) is 9.18 Å². The maximum atomic E-state index is 11.4. The van der Waals surface area contributed by atoms with Gasteiger partial charge in [0, 0.05) is 6.92 Å². The first-order valence-corrected chi connectivity index (χ1v) is 2.09. The van der Waals surface area contributed by atoms with Crippen molar-refractivity contribution >= 4 is 5.97 Å². The van der Waals surface area contributed by atoms with Crippen LogP contribution >= 0.6 is 0 Å². The van der Waals surface area contributed by atoms with Crippen molar-refractivity contribution in [2.24, 2.45) is 0 Å². The van der Waals surface area contributed by atoms with E-state index in [-0.39, 0.29) is 5.76 Å². The molecule has 46 valence electrons. The molecule has 0 saturated heterocycles. The number of allylic oxidation sites excluding steroid dienone is 1. The van der Waals surface area contributed by atoms with Gasteiger partial charge < -0.3 is 4.74 Å². The lowest BCUT2D eigenvalue weighted by atomic mass is 10.6. The molecule has 0 unspecified atom stereocenters. The Kier molecular flexibility index (Phi) is 2.84. The van der Waals surface area contributed by atoms with E-state index in [4.69, 9.17) is 0 Å². The predicted molar refractivity (Wildman–Crippen MR) is 26.9 cm³/mol. The Hall–Kier alpha value is -0.860. The molecule has 0 saturated carbocycles. The summed E-state index contributed by atoms with van der Waals surface area (Å²) in [6.45, 7) is 3.48. The van der Waals surface area contributed by atoms with E-state index in [1.807, 2.05) is 0 Å². The zero-order chi connectivity index (χ0) is 6.57. The first-order chi connectivity index (χ1) is 3.66. The number of rotatable bonds is 2. The van der Waals surface area contributed by atoms with Gasteiger partial charge >= 0.3 is 5.97 Å². The lowest BCUT2D eigenvalue weighted by Gasteiger charge is -1.96. The molecule has 0 aliphatic heterocycles. The molecule has 3 heteroatoms. The van der Waals surface area contributed by atoms with Crippen molar-refractivity contribution in [1.29, 1.82) is 0 Å². The highest BCUT2D eigenvalue weighted by molar-refractivity contribution is 5.67. The molecule has 2 nitrogen and oxygen atoms in total. The highest BCUT2D eigenvalue weighted by Gasteiger charge is 1.94. The fraction of sp³-hybridized carbons (Fsp3) is 0.400. The van der Waals surface area contributed by atoms with Crippen molar-refractivity contribution in [3.63, 3.8) is 0 Å². The summed E-state index contributed by atoms with van der Waals surface area (Å²) < 4.78 is 15.6. The van der Waals surface area contributed by atoms with Crippen molar-refractivity contribution in [3.05, 3.63) is 12.3 Å². The van der Waals surface area contributed by atoms with Crippen molar-refractivity contribution in [3.8, 4) is 0 Å². The Morgan fingerprint density at radius 1 is 1.88 bits per heavy atom. The van der Waals surface area contributed by atoms with Gasteiger partial charge in [-0.3, -0.25) is 4.79 Å². The van der Waals surface area contributed by atoms with Gasteiger partial charge in [-0.2, -0.15) is 0 Å². The third-order valence-electron chi connectivity index (χ3n) is 0.437. The molecule has 0 amide bonds. The maximum Gasteiger partial charge on any atom is 0.307 e. The largest absolute Gasteiger partial charge is 0.429 e. The van der Waals surface area contributed by atoms with Gasteiger partial charge in [0.15, 0.2) is 0 Å². The van der Waals surface area contributed by atoms with Gasteiger partial charge in [-0.25, -0.2) is 4.39 Å². The molecule has 0 N–H and O–H groups in total. The number of halogens is 1. The van der Waals surface area contributed by atoms with Crippen LogP contribution in [0.5, 0.6) is 0 Å².